The van der Waals surface area contributed by atoms with Gasteiger partial charge in [-0.2, -0.15) is 11.8 Å². The zero-order chi connectivity index (χ0) is 15.9. The van der Waals surface area contributed by atoms with E-state index in [9.17, 15) is 10.1 Å². The monoisotopic (exact) mass is 337 g/mol. The molecule has 0 amide bonds. The van der Waals surface area contributed by atoms with Gasteiger partial charge in [0.2, 0.25) is 0 Å². The van der Waals surface area contributed by atoms with Crippen LogP contribution in [-0.4, -0.2) is 34.5 Å². The Hall–Kier alpha value is -1.34. The highest BCUT2D eigenvalue weighted by atomic mass is 32.2. The van der Waals surface area contributed by atoms with Crippen LogP contribution in [0, 0.1) is 10.1 Å². The Morgan fingerprint density at radius 1 is 1.27 bits per heavy atom. The van der Waals surface area contributed by atoms with E-state index in [0.29, 0.717) is 5.69 Å². The fourth-order valence-corrected chi connectivity index (χ4v) is 4.42. The van der Waals surface area contributed by atoms with Crippen LogP contribution in [0.3, 0.4) is 0 Å². The van der Waals surface area contributed by atoms with E-state index < -0.39 is 0 Å². The molecule has 3 rings (SSSR count). The molecule has 0 radical (unpaired) electrons. The first kappa shape index (κ1) is 15.6. The number of nitrogens with zero attached hydrogens (tertiary/aromatic N) is 3. The second-order valence-corrected chi connectivity index (χ2v) is 8.69. The Morgan fingerprint density at radius 3 is 2.55 bits per heavy atom. The SMILES string of the molecule is CC(C)(C)c1nc2cc(N3CCSCC3)c([N+](=O)[O-])cc2s1. The van der Waals surface area contributed by atoms with Gasteiger partial charge in [-0.1, -0.05) is 20.8 Å². The first-order valence-corrected chi connectivity index (χ1v) is 9.25. The third kappa shape index (κ3) is 2.92. The number of hydrogen-bond donors (Lipinski definition) is 0. The lowest BCUT2D eigenvalue weighted by Gasteiger charge is -2.28. The van der Waals surface area contributed by atoms with Gasteiger partial charge in [0.05, 0.1) is 20.1 Å². The normalized spacial score (nSPS) is 16.2. The number of nitro benzene ring substituents is 1. The van der Waals surface area contributed by atoms with Crippen LogP contribution in [0.25, 0.3) is 10.2 Å². The summed E-state index contributed by atoms with van der Waals surface area (Å²) in [6.45, 7) is 8.05. The summed E-state index contributed by atoms with van der Waals surface area (Å²) < 4.78 is 0.895. The summed E-state index contributed by atoms with van der Waals surface area (Å²) in [6, 6.07) is 3.59. The largest absolute Gasteiger partial charge is 0.364 e. The van der Waals surface area contributed by atoms with E-state index in [4.69, 9.17) is 4.98 Å². The van der Waals surface area contributed by atoms with Gasteiger partial charge in [-0.15, -0.1) is 11.3 Å². The van der Waals surface area contributed by atoms with Crippen molar-refractivity contribution in [3.63, 3.8) is 0 Å². The Labute approximate surface area is 137 Å². The standard InChI is InChI=1S/C15H19N3O2S2/c1-15(2,3)14-16-10-8-11(17-4-6-21-7-5-17)12(18(19)20)9-13(10)22-14/h8-9H,4-7H2,1-3H3. The number of benzene rings is 1. The second-order valence-electron chi connectivity index (χ2n) is 6.43. The van der Waals surface area contributed by atoms with Crippen LogP contribution in [0.4, 0.5) is 11.4 Å². The van der Waals surface area contributed by atoms with Crippen LogP contribution in [0.2, 0.25) is 0 Å². The first-order chi connectivity index (χ1) is 10.4. The minimum Gasteiger partial charge on any atom is -0.364 e. The highest BCUT2D eigenvalue weighted by Crippen LogP contribution is 2.38. The van der Waals surface area contributed by atoms with Crippen molar-refractivity contribution in [2.24, 2.45) is 0 Å². The molecule has 0 aliphatic carbocycles. The molecule has 118 valence electrons. The molecule has 2 heterocycles. The van der Waals surface area contributed by atoms with E-state index in [1.54, 1.807) is 17.4 Å². The predicted molar refractivity (Wildman–Crippen MR) is 94.5 cm³/mol. The topological polar surface area (TPSA) is 59.3 Å². The summed E-state index contributed by atoms with van der Waals surface area (Å²) >= 11 is 3.45. The summed E-state index contributed by atoms with van der Waals surface area (Å²) in [5.74, 6) is 2.03. The Morgan fingerprint density at radius 2 is 1.95 bits per heavy atom. The summed E-state index contributed by atoms with van der Waals surface area (Å²) in [7, 11) is 0. The molecule has 0 bridgehead atoms. The van der Waals surface area contributed by atoms with E-state index in [2.05, 4.69) is 25.7 Å². The number of hydrogen-bond acceptors (Lipinski definition) is 6. The van der Waals surface area contributed by atoms with Gasteiger partial charge in [-0.05, 0) is 6.07 Å². The molecule has 2 aromatic rings. The smallest absolute Gasteiger partial charge is 0.294 e. The molecule has 0 atom stereocenters. The van der Waals surface area contributed by atoms with Crippen molar-refractivity contribution in [2.75, 3.05) is 29.5 Å². The zero-order valence-electron chi connectivity index (χ0n) is 13.0. The number of rotatable bonds is 2. The number of thioether (sulfide) groups is 1. The van der Waals surface area contributed by atoms with Crippen molar-refractivity contribution >= 4 is 44.7 Å². The molecule has 1 saturated heterocycles. The third-order valence-corrected chi connectivity index (χ3v) is 6.06. The van der Waals surface area contributed by atoms with Gasteiger partial charge in [0.1, 0.15) is 5.69 Å². The highest BCUT2D eigenvalue weighted by Gasteiger charge is 2.25. The average molecular weight is 337 g/mol. The lowest BCUT2D eigenvalue weighted by atomic mass is 9.98. The maximum Gasteiger partial charge on any atom is 0.294 e. The Kier molecular flexibility index (Phi) is 4.03. The summed E-state index contributed by atoms with van der Waals surface area (Å²) in [5, 5.41) is 12.5. The van der Waals surface area contributed by atoms with Crippen molar-refractivity contribution in [3.05, 3.63) is 27.3 Å². The average Bonchev–Trinajstić information content (AvgIpc) is 2.90. The lowest BCUT2D eigenvalue weighted by Crippen LogP contribution is -2.32. The Balaban J connectivity index is 2.13. The molecule has 0 spiro atoms. The predicted octanol–water partition coefficient (Wildman–Crippen LogP) is 4.06. The van der Waals surface area contributed by atoms with Gasteiger partial charge in [-0.3, -0.25) is 10.1 Å². The van der Waals surface area contributed by atoms with Crippen LogP contribution in [0.5, 0.6) is 0 Å². The zero-order valence-corrected chi connectivity index (χ0v) is 14.6. The van der Waals surface area contributed by atoms with Gasteiger partial charge in [0.25, 0.3) is 5.69 Å². The van der Waals surface area contributed by atoms with Crippen molar-refractivity contribution in [2.45, 2.75) is 26.2 Å². The van der Waals surface area contributed by atoms with E-state index in [1.807, 2.05) is 17.8 Å². The molecule has 1 fully saturated rings. The summed E-state index contributed by atoms with van der Waals surface area (Å²) in [5.41, 5.74) is 1.74. The molecule has 1 aromatic heterocycles. The Bertz CT molecular complexity index is 715. The molecule has 1 aliphatic heterocycles. The van der Waals surface area contributed by atoms with Gasteiger partial charge < -0.3 is 4.90 Å². The molecule has 7 heteroatoms. The number of fused-ring (bicyclic) bond motifs is 1. The van der Waals surface area contributed by atoms with Crippen LogP contribution in [0.1, 0.15) is 25.8 Å². The minimum atomic E-state index is -0.271. The number of anilines is 1. The number of nitro groups is 1. The fraction of sp³-hybridized carbons (Fsp3) is 0.533. The summed E-state index contributed by atoms with van der Waals surface area (Å²) in [4.78, 5) is 18.0. The molecular formula is C15H19N3O2S2. The molecule has 0 unspecified atom stereocenters. The van der Waals surface area contributed by atoms with E-state index in [1.165, 1.54) is 0 Å². The molecule has 1 aliphatic rings. The third-order valence-electron chi connectivity index (χ3n) is 3.67. The summed E-state index contributed by atoms with van der Waals surface area (Å²) in [6.07, 6.45) is 0. The molecule has 0 saturated carbocycles. The van der Waals surface area contributed by atoms with E-state index >= 15 is 0 Å². The van der Waals surface area contributed by atoms with Gasteiger partial charge in [-0.25, -0.2) is 4.98 Å². The number of thiazole rings is 1. The van der Waals surface area contributed by atoms with E-state index in [-0.39, 0.29) is 16.0 Å². The van der Waals surface area contributed by atoms with Crippen molar-refractivity contribution in [1.29, 1.82) is 0 Å². The fourth-order valence-electron chi connectivity index (χ4n) is 2.48. The molecule has 22 heavy (non-hydrogen) atoms. The van der Waals surface area contributed by atoms with Crippen LogP contribution in [0.15, 0.2) is 12.1 Å². The minimum absolute atomic E-state index is 0.0413. The van der Waals surface area contributed by atoms with Gasteiger partial charge in [0, 0.05) is 36.1 Å². The maximum absolute atomic E-state index is 11.5. The number of aromatic nitrogens is 1. The molecule has 0 N–H and O–H groups in total. The molecule has 1 aromatic carbocycles. The van der Waals surface area contributed by atoms with Crippen molar-refractivity contribution in [1.82, 2.24) is 4.98 Å². The van der Waals surface area contributed by atoms with Crippen molar-refractivity contribution < 1.29 is 4.92 Å². The van der Waals surface area contributed by atoms with Gasteiger partial charge in [0.15, 0.2) is 0 Å². The maximum atomic E-state index is 11.5. The van der Waals surface area contributed by atoms with Crippen LogP contribution < -0.4 is 4.90 Å². The quantitative estimate of drug-likeness (QED) is 0.611. The van der Waals surface area contributed by atoms with Gasteiger partial charge >= 0.3 is 0 Å². The lowest BCUT2D eigenvalue weighted by molar-refractivity contribution is -0.384. The van der Waals surface area contributed by atoms with Crippen molar-refractivity contribution in [3.8, 4) is 0 Å². The van der Waals surface area contributed by atoms with E-state index in [0.717, 1.165) is 39.8 Å². The van der Waals surface area contributed by atoms with Crippen LogP contribution >= 0.6 is 23.1 Å². The van der Waals surface area contributed by atoms with Crippen LogP contribution in [-0.2, 0) is 5.41 Å². The molecule has 5 nitrogen and oxygen atoms in total. The molecular weight excluding hydrogens is 318 g/mol. The second kappa shape index (κ2) is 5.70. The first-order valence-electron chi connectivity index (χ1n) is 7.28. The highest BCUT2D eigenvalue weighted by molar-refractivity contribution is 7.99.